The van der Waals surface area contributed by atoms with E-state index in [0.29, 0.717) is 6.42 Å². The molecule has 2 aromatic rings. The summed E-state index contributed by atoms with van der Waals surface area (Å²) < 4.78 is 2.28. The number of nitrogens with zero attached hydrogens (tertiary/aromatic N) is 1. The maximum atomic E-state index is 10.8. The average Bonchev–Trinajstić information content (AvgIpc) is 2.80. The Morgan fingerprint density at radius 3 is 2.67 bits per heavy atom. The molecule has 2 rings (SSSR count). The van der Waals surface area contributed by atoms with E-state index in [1.165, 1.54) is 36.6 Å². The van der Waals surface area contributed by atoms with Crippen LogP contribution in [0.5, 0.6) is 0 Å². The second-order valence-corrected chi connectivity index (χ2v) is 5.32. The van der Waals surface area contributed by atoms with Gasteiger partial charge in [-0.3, -0.25) is 4.79 Å². The van der Waals surface area contributed by atoms with Crippen LogP contribution in [0.2, 0.25) is 0 Å². The number of para-hydroxylation sites is 1. The standard InChI is InChI=1S/C17H23NO2.CH4/c1-2-3-4-7-12-18-13-14(10-11-17(19)20)15-8-5-6-9-16(15)18;/h5-6,8-9,13H,2-4,7,10-12H2,1H3,(H,19,20);1H4. The Bertz CT molecular complexity index is 572. The van der Waals surface area contributed by atoms with Crippen molar-refractivity contribution in [1.82, 2.24) is 4.57 Å². The number of carboxylic acid groups (broad SMARTS) is 1. The van der Waals surface area contributed by atoms with E-state index in [4.69, 9.17) is 5.11 Å². The minimum absolute atomic E-state index is 0. The SMILES string of the molecule is C.CCCCCCn1cc(CCC(=O)O)c2ccccc21. The summed E-state index contributed by atoms with van der Waals surface area (Å²) in [6, 6.07) is 8.29. The maximum absolute atomic E-state index is 10.8. The maximum Gasteiger partial charge on any atom is 0.303 e. The zero-order valence-corrected chi connectivity index (χ0v) is 12.1. The lowest BCUT2D eigenvalue weighted by atomic mass is 10.1. The molecule has 0 unspecified atom stereocenters. The number of rotatable bonds is 8. The Kier molecular flexibility index (Phi) is 7.00. The van der Waals surface area contributed by atoms with Crippen LogP contribution >= 0.6 is 0 Å². The van der Waals surface area contributed by atoms with Crippen LogP contribution in [0.15, 0.2) is 30.5 Å². The van der Waals surface area contributed by atoms with E-state index < -0.39 is 5.97 Å². The second kappa shape index (κ2) is 8.50. The van der Waals surface area contributed by atoms with Crippen LogP contribution in [0.3, 0.4) is 0 Å². The average molecular weight is 289 g/mol. The van der Waals surface area contributed by atoms with Gasteiger partial charge in [-0.15, -0.1) is 0 Å². The lowest BCUT2D eigenvalue weighted by molar-refractivity contribution is -0.136. The van der Waals surface area contributed by atoms with Crippen molar-refractivity contribution < 1.29 is 9.90 Å². The molecular weight excluding hydrogens is 262 g/mol. The number of aryl methyl sites for hydroxylation is 2. The predicted molar refractivity (Wildman–Crippen MR) is 88.8 cm³/mol. The van der Waals surface area contributed by atoms with Gasteiger partial charge in [0.2, 0.25) is 0 Å². The molecule has 3 heteroatoms. The van der Waals surface area contributed by atoms with Crippen LogP contribution in [-0.2, 0) is 17.8 Å². The highest BCUT2D eigenvalue weighted by molar-refractivity contribution is 5.84. The number of aromatic nitrogens is 1. The number of fused-ring (bicyclic) bond motifs is 1. The van der Waals surface area contributed by atoms with Crippen LogP contribution in [0.25, 0.3) is 10.9 Å². The quantitative estimate of drug-likeness (QED) is 0.704. The van der Waals surface area contributed by atoms with Crippen molar-refractivity contribution in [2.24, 2.45) is 0 Å². The van der Waals surface area contributed by atoms with Gasteiger partial charge in [0, 0.05) is 30.1 Å². The van der Waals surface area contributed by atoms with Gasteiger partial charge in [0.15, 0.2) is 0 Å². The minimum atomic E-state index is -0.732. The summed E-state index contributed by atoms with van der Waals surface area (Å²) in [4.78, 5) is 10.8. The van der Waals surface area contributed by atoms with E-state index in [-0.39, 0.29) is 13.8 Å². The zero-order chi connectivity index (χ0) is 14.4. The number of hydrogen-bond donors (Lipinski definition) is 1. The third-order valence-corrected chi connectivity index (χ3v) is 3.73. The summed E-state index contributed by atoms with van der Waals surface area (Å²) in [6.07, 6.45) is 7.92. The number of carboxylic acids is 1. The Hall–Kier alpha value is -1.77. The first-order chi connectivity index (χ1) is 9.72. The molecular formula is C18H27NO2. The smallest absolute Gasteiger partial charge is 0.303 e. The lowest BCUT2D eigenvalue weighted by Crippen LogP contribution is -1.97. The molecule has 21 heavy (non-hydrogen) atoms. The number of benzene rings is 1. The summed E-state index contributed by atoms with van der Waals surface area (Å²) >= 11 is 0. The van der Waals surface area contributed by atoms with Crippen LogP contribution in [0.4, 0.5) is 0 Å². The van der Waals surface area contributed by atoms with Crippen molar-refractivity contribution in [3.63, 3.8) is 0 Å². The monoisotopic (exact) mass is 289 g/mol. The summed E-state index contributed by atoms with van der Waals surface area (Å²) in [5, 5.41) is 10.0. The first kappa shape index (κ1) is 17.3. The Balaban J connectivity index is 0.00000220. The highest BCUT2D eigenvalue weighted by atomic mass is 16.4. The number of unbranched alkanes of at least 4 members (excludes halogenated alkanes) is 3. The van der Waals surface area contributed by atoms with Gasteiger partial charge in [0.25, 0.3) is 0 Å². The highest BCUT2D eigenvalue weighted by Crippen LogP contribution is 2.23. The van der Waals surface area contributed by atoms with Crippen LogP contribution in [-0.4, -0.2) is 15.6 Å². The first-order valence-corrected chi connectivity index (χ1v) is 7.51. The molecule has 0 spiro atoms. The van der Waals surface area contributed by atoms with Gasteiger partial charge < -0.3 is 9.67 Å². The fraction of sp³-hybridized carbons (Fsp3) is 0.500. The molecule has 0 amide bonds. The Morgan fingerprint density at radius 2 is 1.95 bits per heavy atom. The third-order valence-electron chi connectivity index (χ3n) is 3.73. The predicted octanol–water partition coefficient (Wildman–Crippen LogP) is 4.87. The van der Waals surface area contributed by atoms with Gasteiger partial charge in [0.1, 0.15) is 0 Å². The molecule has 0 aliphatic rings. The molecule has 0 fully saturated rings. The molecule has 1 aromatic carbocycles. The molecule has 0 atom stereocenters. The lowest BCUT2D eigenvalue weighted by Gasteiger charge is -2.04. The largest absolute Gasteiger partial charge is 0.481 e. The molecule has 0 saturated heterocycles. The Labute approximate surface area is 127 Å². The van der Waals surface area contributed by atoms with Gasteiger partial charge in [0.05, 0.1) is 0 Å². The topological polar surface area (TPSA) is 42.2 Å². The number of aliphatic carboxylic acids is 1. The minimum Gasteiger partial charge on any atom is -0.481 e. The Morgan fingerprint density at radius 1 is 1.19 bits per heavy atom. The number of hydrogen-bond acceptors (Lipinski definition) is 1. The van der Waals surface area contributed by atoms with Gasteiger partial charge >= 0.3 is 5.97 Å². The summed E-state index contributed by atoms with van der Waals surface area (Å²) in [5.41, 5.74) is 2.38. The van der Waals surface area contributed by atoms with E-state index in [1.807, 2.05) is 12.1 Å². The van der Waals surface area contributed by atoms with Gasteiger partial charge in [-0.05, 0) is 24.5 Å². The second-order valence-electron chi connectivity index (χ2n) is 5.32. The highest BCUT2D eigenvalue weighted by Gasteiger charge is 2.09. The van der Waals surface area contributed by atoms with E-state index in [1.54, 1.807) is 0 Å². The summed E-state index contributed by atoms with van der Waals surface area (Å²) in [7, 11) is 0. The molecule has 116 valence electrons. The third kappa shape index (κ3) is 4.62. The molecule has 0 bridgehead atoms. The van der Waals surface area contributed by atoms with E-state index in [2.05, 4.69) is 29.8 Å². The van der Waals surface area contributed by atoms with Gasteiger partial charge in [-0.2, -0.15) is 0 Å². The van der Waals surface area contributed by atoms with Crippen molar-refractivity contribution in [1.29, 1.82) is 0 Å². The van der Waals surface area contributed by atoms with E-state index in [9.17, 15) is 4.79 Å². The van der Waals surface area contributed by atoms with Crippen molar-refractivity contribution in [2.75, 3.05) is 0 Å². The molecule has 0 aliphatic carbocycles. The zero-order valence-electron chi connectivity index (χ0n) is 12.1. The van der Waals surface area contributed by atoms with Crippen molar-refractivity contribution >= 4 is 16.9 Å². The van der Waals surface area contributed by atoms with Crippen LogP contribution in [0.1, 0.15) is 52.0 Å². The molecule has 0 saturated carbocycles. The molecule has 0 radical (unpaired) electrons. The van der Waals surface area contributed by atoms with E-state index in [0.717, 1.165) is 12.1 Å². The summed E-state index contributed by atoms with van der Waals surface area (Å²) in [6.45, 7) is 3.24. The molecule has 1 heterocycles. The summed E-state index contributed by atoms with van der Waals surface area (Å²) in [5.74, 6) is -0.732. The molecule has 1 aromatic heterocycles. The molecule has 3 nitrogen and oxygen atoms in total. The van der Waals surface area contributed by atoms with E-state index >= 15 is 0 Å². The van der Waals surface area contributed by atoms with Crippen molar-refractivity contribution in [2.45, 2.75) is 59.4 Å². The van der Waals surface area contributed by atoms with Gasteiger partial charge in [-0.1, -0.05) is 51.8 Å². The normalized spacial score (nSPS) is 10.5. The number of carbonyl (C=O) groups is 1. The van der Waals surface area contributed by atoms with Crippen LogP contribution in [0, 0.1) is 0 Å². The first-order valence-electron chi connectivity index (χ1n) is 7.51. The van der Waals surface area contributed by atoms with Crippen LogP contribution < -0.4 is 0 Å². The molecule has 0 aliphatic heterocycles. The van der Waals surface area contributed by atoms with Gasteiger partial charge in [-0.25, -0.2) is 0 Å². The van der Waals surface area contributed by atoms with Crippen molar-refractivity contribution in [3.05, 3.63) is 36.0 Å². The van der Waals surface area contributed by atoms with Crippen molar-refractivity contribution in [3.8, 4) is 0 Å². The fourth-order valence-corrected chi connectivity index (χ4v) is 2.66. The molecule has 1 N–H and O–H groups in total. The fourth-order valence-electron chi connectivity index (χ4n) is 2.66.